The maximum absolute atomic E-state index is 13.1. The Balaban J connectivity index is 1.57. The molecule has 0 unspecified atom stereocenters. The largest absolute Gasteiger partial charge is 0.493 e. The van der Waals surface area contributed by atoms with Crippen LogP contribution in [-0.4, -0.2) is 43.6 Å². The number of hydrogen-bond acceptors (Lipinski definition) is 4. The van der Waals surface area contributed by atoms with Crippen molar-refractivity contribution in [3.05, 3.63) is 63.9 Å². The lowest BCUT2D eigenvalue weighted by atomic mass is 9.98. The van der Waals surface area contributed by atoms with Gasteiger partial charge >= 0.3 is 0 Å². The summed E-state index contributed by atoms with van der Waals surface area (Å²) in [5.41, 5.74) is 5.79. The second-order valence-electron chi connectivity index (χ2n) is 8.56. The molecule has 0 saturated carbocycles. The lowest BCUT2D eigenvalue weighted by Crippen LogP contribution is -2.48. The number of piperazine rings is 1. The fraction of sp³-hybridized carbons (Fsp3) is 0.370. The topological polar surface area (TPSA) is 45.9 Å². The van der Waals surface area contributed by atoms with Crippen molar-refractivity contribution in [2.75, 3.05) is 37.7 Å². The van der Waals surface area contributed by atoms with Gasteiger partial charge < -0.3 is 19.0 Å². The molecule has 1 aliphatic heterocycles. The second-order valence-corrected chi connectivity index (χ2v) is 8.97. The molecule has 0 N–H and O–H groups in total. The standard InChI is InChI=1S/C27H31ClN2O3/c1-6-32-26-19(4)27-22(18(3)20(5)33-27)16-21(26)17(2)15-25(31)30-13-11-29(12-14-30)24-10-8-7-9-23(24)28/h7-10,15-16H,6,11-14H2,1-5H3/b17-15+. The first-order valence-corrected chi connectivity index (χ1v) is 11.8. The number of hydrogen-bond donors (Lipinski definition) is 0. The van der Waals surface area contributed by atoms with E-state index in [0.29, 0.717) is 19.7 Å². The molecule has 3 aromatic rings. The first-order chi connectivity index (χ1) is 15.8. The third-order valence-corrected chi connectivity index (χ3v) is 6.80. The fourth-order valence-corrected chi connectivity index (χ4v) is 4.72. The lowest BCUT2D eigenvalue weighted by Gasteiger charge is -2.36. The van der Waals surface area contributed by atoms with Crippen molar-refractivity contribution in [1.29, 1.82) is 0 Å². The number of carbonyl (C=O) groups is 1. The van der Waals surface area contributed by atoms with Gasteiger partial charge in [0, 0.05) is 48.8 Å². The number of nitrogens with zero attached hydrogens (tertiary/aromatic N) is 2. The van der Waals surface area contributed by atoms with Crippen LogP contribution in [0, 0.1) is 20.8 Å². The molecule has 0 radical (unpaired) electrons. The highest BCUT2D eigenvalue weighted by atomic mass is 35.5. The van der Waals surface area contributed by atoms with Crippen LogP contribution < -0.4 is 9.64 Å². The molecule has 2 aromatic carbocycles. The Morgan fingerprint density at radius 1 is 1.12 bits per heavy atom. The smallest absolute Gasteiger partial charge is 0.246 e. The predicted molar refractivity (Wildman–Crippen MR) is 135 cm³/mol. The van der Waals surface area contributed by atoms with Crippen molar-refractivity contribution in [3.63, 3.8) is 0 Å². The van der Waals surface area contributed by atoms with E-state index in [1.165, 1.54) is 0 Å². The van der Waals surface area contributed by atoms with E-state index in [2.05, 4.69) is 17.9 Å². The number of benzene rings is 2. The average Bonchev–Trinajstić information content (AvgIpc) is 3.10. The second kappa shape index (κ2) is 9.52. The van der Waals surface area contributed by atoms with Crippen LogP contribution >= 0.6 is 11.6 Å². The van der Waals surface area contributed by atoms with E-state index in [1.807, 2.05) is 56.9 Å². The number of aryl methyl sites for hydroxylation is 3. The number of ether oxygens (including phenoxy) is 1. The molecular formula is C27H31ClN2O3. The molecule has 1 aliphatic rings. The van der Waals surface area contributed by atoms with Crippen LogP contribution in [-0.2, 0) is 4.79 Å². The number of halogens is 1. The van der Waals surface area contributed by atoms with Crippen molar-refractivity contribution < 1.29 is 13.9 Å². The number of amides is 1. The van der Waals surface area contributed by atoms with E-state index in [-0.39, 0.29) is 5.91 Å². The Kier molecular flexibility index (Phi) is 6.71. The van der Waals surface area contributed by atoms with E-state index in [9.17, 15) is 4.79 Å². The van der Waals surface area contributed by atoms with Crippen molar-refractivity contribution in [2.24, 2.45) is 0 Å². The lowest BCUT2D eigenvalue weighted by molar-refractivity contribution is -0.126. The molecule has 2 heterocycles. The van der Waals surface area contributed by atoms with Gasteiger partial charge in [-0.15, -0.1) is 0 Å². The predicted octanol–water partition coefficient (Wildman–Crippen LogP) is 6.16. The van der Waals surface area contributed by atoms with Gasteiger partial charge in [-0.3, -0.25) is 4.79 Å². The van der Waals surface area contributed by atoms with Crippen LogP contribution in [0.15, 0.2) is 40.8 Å². The molecule has 5 nitrogen and oxygen atoms in total. The molecule has 0 spiro atoms. The van der Waals surface area contributed by atoms with Crippen LogP contribution in [0.5, 0.6) is 5.75 Å². The summed E-state index contributed by atoms with van der Waals surface area (Å²) in [6.07, 6.45) is 1.73. The summed E-state index contributed by atoms with van der Waals surface area (Å²) in [4.78, 5) is 17.3. The van der Waals surface area contributed by atoms with Gasteiger partial charge in [-0.05, 0) is 64.0 Å². The summed E-state index contributed by atoms with van der Waals surface area (Å²) in [7, 11) is 0. The zero-order chi connectivity index (χ0) is 23.7. The summed E-state index contributed by atoms with van der Waals surface area (Å²) in [6, 6.07) is 9.94. The van der Waals surface area contributed by atoms with Crippen LogP contribution in [0.3, 0.4) is 0 Å². The molecule has 1 aromatic heterocycles. The van der Waals surface area contributed by atoms with E-state index in [0.717, 1.165) is 68.5 Å². The first-order valence-electron chi connectivity index (χ1n) is 11.4. The summed E-state index contributed by atoms with van der Waals surface area (Å²) in [5.74, 6) is 1.71. The number of furan rings is 1. The molecular weight excluding hydrogens is 436 g/mol. The Hall–Kier alpha value is -2.92. The Morgan fingerprint density at radius 2 is 1.82 bits per heavy atom. The van der Waals surface area contributed by atoms with Gasteiger partial charge in [0.2, 0.25) is 5.91 Å². The maximum Gasteiger partial charge on any atom is 0.246 e. The zero-order valence-electron chi connectivity index (χ0n) is 20.0. The average molecular weight is 467 g/mol. The van der Waals surface area contributed by atoms with Crippen LogP contribution in [0.4, 0.5) is 5.69 Å². The Morgan fingerprint density at radius 3 is 2.48 bits per heavy atom. The summed E-state index contributed by atoms with van der Waals surface area (Å²) >= 11 is 6.35. The number of allylic oxidation sites excluding steroid dienone is 1. The minimum absolute atomic E-state index is 0.0200. The van der Waals surface area contributed by atoms with Gasteiger partial charge in [0.05, 0.1) is 17.3 Å². The van der Waals surface area contributed by atoms with Crippen LogP contribution in [0.1, 0.15) is 36.3 Å². The van der Waals surface area contributed by atoms with Gasteiger partial charge in [0.1, 0.15) is 17.1 Å². The molecule has 1 fully saturated rings. The Bertz CT molecular complexity index is 1220. The molecule has 174 valence electrons. The summed E-state index contributed by atoms with van der Waals surface area (Å²) < 4.78 is 12.0. The van der Waals surface area contributed by atoms with Crippen LogP contribution in [0.2, 0.25) is 5.02 Å². The highest BCUT2D eigenvalue weighted by Gasteiger charge is 2.23. The molecule has 6 heteroatoms. The minimum atomic E-state index is 0.0200. The number of anilines is 1. The first kappa shape index (κ1) is 23.2. The highest BCUT2D eigenvalue weighted by Crippen LogP contribution is 2.39. The SMILES string of the molecule is CCOc1c(/C(C)=C/C(=O)N2CCN(c3ccccc3Cl)CC2)cc2c(C)c(C)oc2c1C. The number of fused-ring (bicyclic) bond motifs is 1. The highest BCUT2D eigenvalue weighted by molar-refractivity contribution is 6.33. The van der Waals surface area contributed by atoms with Gasteiger partial charge in [-0.25, -0.2) is 0 Å². The van der Waals surface area contributed by atoms with Crippen molar-refractivity contribution in [3.8, 4) is 5.75 Å². The van der Waals surface area contributed by atoms with E-state index >= 15 is 0 Å². The summed E-state index contributed by atoms with van der Waals surface area (Å²) in [5, 5.41) is 1.81. The van der Waals surface area contributed by atoms with Gasteiger partial charge in [-0.2, -0.15) is 0 Å². The monoisotopic (exact) mass is 466 g/mol. The quantitative estimate of drug-likeness (QED) is 0.422. The van der Waals surface area contributed by atoms with Crippen LogP contribution in [0.25, 0.3) is 16.5 Å². The third kappa shape index (κ3) is 4.47. The van der Waals surface area contributed by atoms with E-state index in [4.69, 9.17) is 20.8 Å². The molecule has 0 aliphatic carbocycles. The third-order valence-electron chi connectivity index (χ3n) is 6.48. The zero-order valence-corrected chi connectivity index (χ0v) is 20.8. The fourth-order valence-electron chi connectivity index (χ4n) is 4.47. The molecule has 0 atom stereocenters. The normalized spacial score (nSPS) is 14.8. The van der Waals surface area contributed by atoms with Gasteiger partial charge in [0.25, 0.3) is 0 Å². The maximum atomic E-state index is 13.1. The summed E-state index contributed by atoms with van der Waals surface area (Å²) in [6.45, 7) is 13.4. The number of para-hydroxylation sites is 1. The van der Waals surface area contributed by atoms with Gasteiger partial charge in [0.15, 0.2) is 0 Å². The van der Waals surface area contributed by atoms with Gasteiger partial charge in [-0.1, -0.05) is 23.7 Å². The molecule has 0 bridgehead atoms. The Labute approximate surface area is 200 Å². The molecule has 1 amide bonds. The molecule has 33 heavy (non-hydrogen) atoms. The van der Waals surface area contributed by atoms with Crippen molar-refractivity contribution >= 4 is 39.7 Å². The van der Waals surface area contributed by atoms with E-state index < -0.39 is 0 Å². The number of carbonyl (C=O) groups excluding carboxylic acids is 1. The van der Waals surface area contributed by atoms with Crippen molar-refractivity contribution in [2.45, 2.75) is 34.6 Å². The van der Waals surface area contributed by atoms with E-state index in [1.54, 1.807) is 6.08 Å². The molecule has 1 saturated heterocycles. The minimum Gasteiger partial charge on any atom is -0.493 e. The molecule has 4 rings (SSSR count). The number of rotatable bonds is 5. The van der Waals surface area contributed by atoms with Crippen molar-refractivity contribution in [1.82, 2.24) is 4.90 Å².